The summed E-state index contributed by atoms with van der Waals surface area (Å²) in [6.45, 7) is 4.42. The third-order valence-corrected chi connectivity index (χ3v) is 3.89. The fourth-order valence-electron chi connectivity index (χ4n) is 2.53. The van der Waals surface area contributed by atoms with E-state index in [1.165, 1.54) is 12.1 Å². The highest BCUT2D eigenvalue weighted by atomic mass is 16.4. The molecule has 1 amide bonds. The SMILES string of the molecule is Cc1nc(C(=O)N2CCCC(C)(O)CC2)ccc1C(=O)O. The van der Waals surface area contributed by atoms with E-state index in [-0.39, 0.29) is 17.2 Å². The van der Waals surface area contributed by atoms with Crippen LogP contribution in [0, 0.1) is 6.92 Å². The number of hydrogen-bond donors (Lipinski definition) is 2. The van der Waals surface area contributed by atoms with Gasteiger partial charge in [-0.3, -0.25) is 4.79 Å². The van der Waals surface area contributed by atoms with Crippen molar-refractivity contribution in [1.82, 2.24) is 9.88 Å². The van der Waals surface area contributed by atoms with E-state index in [1.807, 2.05) is 0 Å². The van der Waals surface area contributed by atoms with Gasteiger partial charge in [-0.1, -0.05) is 0 Å². The summed E-state index contributed by atoms with van der Waals surface area (Å²) in [5, 5.41) is 19.0. The Morgan fingerprint density at radius 3 is 2.62 bits per heavy atom. The van der Waals surface area contributed by atoms with Gasteiger partial charge in [0.25, 0.3) is 5.91 Å². The van der Waals surface area contributed by atoms with E-state index in [2.05, 4.69) is 4.98 Å². The first kappa shape index (κ1) is 15.4. The molecule has 2 N–H and O–H groups in total. The normalized spacial score (nSPS) is 22.7. The molecule has 114 valence electrons. The van der Waals surface area contributed by atoms with Crippen LogP contribution in [0.2, 0.25) is 0 Å². The van der Waals surface area contributed by atoms with E-state index in [0.29, 0.717) is 31.6 Å². The molecule has 0 aliphatic carbocycles. The molecule has 1 aromatic rings. The van der Waals surface area contributed by atoms with Crippen molar-refractivity contribution in [1.29, 1.82) is 0 Å². The highest BCUT2D eigenvalue weighted by molar-refractivity contribution is 5.94. The van der Waals surface area contributed by atoms with Gasteiger partial charge < -0.3 is 15.1 Å². The molecule has 2 heterocycles. The van der Waals surface area contributed by atoms with Crippen LogP contribution in [0.1, 0.15) is 52.7 Å². The first-order valence-corrected chi connectivity index (χ1v) is 7.03. The average molecular weight is 292 g/mol. The molecular weight excluding hydrogens is 272 g/mol. The third kappa shape index (κ3) is 3.58. The van der Waals surface area contributed by atoms with E-state index < -0.39 is 11.6 Å². The molecule has 21 heavy (non-hydrogen) atoms. The van der Waals surface area contributed by atoms with Crippen molar-refractivity contribution in [3.63, 3.8) is 0 Å². The lowest BCUT2D eigenvalue weighted by molar-refractivity contribution is 0.0436. The average Bonchev–Trinajstić information content (AvgIpc) is 2.58. The molecule has 1 fully saturated rings. The Bertz CT molecular complexity index is 569. The van der Waals surface area contributed by atoms with Gasteiger partial charge in [0.1, 0.15) is 5.69 Å². The Morgan fingerprint density at radius 1 is 1.29 bits per heavy atom. The van der Waals surface area contributed by atoms with Gasteiger partial charge in [0, 0.05) is 13.1 Å². The summed E-state index contributed by atoms with van der Waals surface area (Å²) in [6, 6.07) is 2.85. The van der Waals surface area contributed by atoms with Gasteiger partial charge in [-0.2, -0.15) is 0 Å². The first-order valence-electron chi connectivity index (χ1n) is 7.03. The molecule has 1 aliphatic rings. The Balaban J connectivity index is 2.16. The molecule has 2 rings (SSSR count). The van der Waals surface area contributed by atoms with Crippen LogP contribution in [0.25, 0.3) is 0 Å². The molecule has 6 nitrogen and oxygen atoms in total. The van der Waals surface area contributed by atoms with Crippen LogP contribution in [0.4, 0.5) is 0 Å². The molecule has 1 saturated heterocycles. The number of likely N-dealkylation sites (tertiary alicyclic amines) is 1. The zero-order valence-electron chi connectivity index (χ0n) is 12.3. The molecule has 1 aromatic heterocycles. The number of aromatic nitrogens is 1. The van der Waals surface area contributed by atoms with Crippen LogP contribution in [0.5, 0.6) is 0 Å². The highest BCUT2D eigenvalue weighted by Crippen LogP contribution is 2.22. The first-order chi connectivity index (χ1) is 9.80. The zero-order chi connectivity index (χ0) is 15.6. The van der Waals surface area contributed by atoms with Crippen LogP contribution in [-0.2, 0) is 0 Å². The molecule has 0 saturated carbocycles. The summed E-state index contributed by atoms with van der Waals surface area (Å²) in [5.74, 6) is -1.27. The summed E-state index contributed by atoms with van der Waals surface area (Å²) in [6.07, 6.45) is 1.94. The van der Waals surface area contributed by atoms with Crippen molar-refractivity contribution in [2.75, 3.05) is 13.1 Å². The van der Waals surface area contributed by atoms with E-state index in [0.717, 1.165) is 6.42 Å². The minimum Gasteiger partial charge on any atom is -0.478 e. The predicted molar refractivity (Wildman–Crippen MR) is 76.3 cm³/mol. The molecule has 0 radical (unpaired) electrons. The molecule has 0 bridgehead atoms. The smallest absolute Gasteiger partial charge is 0.337 e. The zero-order valence-corrected chi connectivity index (χ0v) is 12.3. The predicted octanol–water partition coefficient (Wildman–Crippen LogP) is 1.47. The Labute approximate surface area is 123 Å². The second-order valence-electron chi connectivity index (χ2n) is 5.78. The van der Waals surface area contributed by atoms with Crippen molar-refractivity contribution in [3.8, 4) is 0 Å². The van der Waals surface area contributed by atoms with Crippen molar-refractivity contribution in [2.45, 2.75) is 38.7 Å². The maximum Gasteiger partial charge on any atom is 0.337 e. The lowest BCUT2D eigenvalue weighted by Gasteiger charge is -2.22. The minimum atomic E-state index is -1.05. The van der Waals surface area contributed by atoms with Gasteiger partial charge in [-0.05, 0) is 45.2 Å². The Kier molecular flexibility index (Phi) is 4.27. The lowest BCUT2D eigenvalue weighted by Crippen LogP contribution is -2.34. The largest absolute Gasteiger partial charge is 0.478 e. The molecule has 0 spiro atoms. The number of carbonyl (C=O) groups excluding carboxylic acids is 1. The maximum atomic E-state index is 12.4. The highest BCUT2D eigenvalue weighted by Gasteiger charge is 2.28. The standard InChI is InChI=1S/C15H20N2O4/c1-10-11(14(19)20)4-5-12(16-10)13(18)17-8-3-6-15(2,21)7-9-17/h4-5,21H,3,6-9H2,1-2H3,(H,19,20). The van der Waals surface area contributed by atoms with Crippen molar-refractivity contribution in [2.24, 2.45) is 0 Å². The van der Waals surface area contributed by atoms with Crippen molar-refractivity contribution in [3.05, 3.63) is 29.1 Å². The van der Waals surface area contributed by atoms with Gasteiger partial charge in [-0.25, -0.2) is 9.78 Å². The van der Waals surface area contributed by atoms with E-state index >= 15 is 0 Å². The molecule has 1 aliphatic heterocycles. The summed E-state index contributed by atoms with van der Waals surface area (Å²) < 4.78 is 0. The quantitative estimate of drug-likeness (QED) is 0.861. The number of carboxylic acids is 1. The topological polar surface area (TPSA) is 90.7 Å². The van der Waals surface area contributed by atoms with Gasteiger partial charge in [0.15, 0.2) is 0 Å². The van der Waals surface area contributed by atoms with Crippen LogP contribution in [0.15, 0.2) is 12.1 Å². The second kappa shape index (κ2) is 5.81. The van der Waals surface area contributed by atoms with Crippen molar-refractivity contribution >= 4 is 11.9 Å². The number of amides is 1. The van der Waals surface area contributed by atoms with E-state index in [4.69, 9.17) is 5.11 Å². The van der Waals surface area contributed by atoms with Crippen molar-refractivity contribution < 1.29 is 19.8 Å². The van der Waals surface area contributed by atoms with Gasteiger partial charge in [0.2, 0.25) is 0 Å². The molecule has 6 heteroatoms. The molecule has 1 atom stereocenters. The van der Waals surface area contributed by atoms with Crippen LogP contribution in [0.3, 0.4) is 0 Å². The fourth-order valence-corrected chi connectivity index (χ4v) is 2.53. The summed E-state index contributed by atoms with van der Waals surface area (Å²) >= 11 is 0. The van der Waals surface area contributed by atoms with Gasteiger partial charge in [-0.15, -0.1) is 0 Å². The Morgan fingerprint density at radius 2 is 2.00 bits per heavy atom. The van der Waals surface area contributed by atoms with E-state index in [1.54, 1.807) is 18.7 Å². The van der Waals surface area contributed by atoms with Crippen LogP contribution in [-0.4, -0.2) is 50.7 Å². The van der Waals surface area contributed by atoms with Gasteiger partial charge >= 0.3 is 5.97 Å². The van der Waals surface area contributed by atoms with E-state index in [9.17, 15) is 14.7 Å². The van der Waals surface area contributed by atoms with Gasteiger partial charge in [0.05, 0.1) is 16.9 Å². The minimum absolute atomic E-state index is 0.102. The monoisotopic (exact) mass is 292 g/mol. The number of carboxylic acid groups (broad SMARTS) is 1. The van der Waals surface area contributed by atoms with Crippen LogP contribution >= 0.6 is 0 Å². The number of rotatable bonds is 2. The number of nitrogens with zero attached hydrogens (tertiary/aromatic N) is 2. The number of hydrogen-bond acceptors (Lipinski definition) is 4. The lowest BCUT2D eigenvalue weighted by atomic mass is 9.98. The third-order valence-electron chi connectivity index (χ3n) is 3.89. The summed E-state index contributed by atoms with van der Waals surface area (Å²) in [7, 11) is 0. The summed E-state index contributed by atoms with van der Waals surface area (Å²) in [4.78, 5) is 29.2. The molecular formula is C15H20N2O4. The number of pyridine rings is 1. The number of aliphatic hydroxyl groups is 1. The van der Waals surface area contributed by atoms with Crippen LogP contribution < -0.4 is 0 Å². The Hall–Kier alpha value is -1.95. The molecule has 0 aromatic carbocycles. The number of aryl methyl sites for hydroxylation is 1. The molecule has 1 unspecified atom stereocenters. The summed E-state index contributed by atoms with van der Waals surface area (Å²) in [5.41, 5.74) is -0.0505. The fraction of sp³-hybridized carbons (Fsp3) is 0.533. The number of carbonyl (C=O) groups is 2. The second-order valence-corrected chi connectivity index (χ2v) is 5.78. The maximum absolute atomic E-state index is 12.4. The number of aromatic carboxylic acids is 1.